The molecule has 156 valence electrons. The highest BCUT2D eigenvalue weighted by atomic mass is 16.5. The van der Waals surface area contributed by atoms with Crippen molar-refractivity contribution in [2.45, 2.75) is 39.3 Å². The SMILES string of the molecule is CCn1nc(C(=O)OCC(=O)N[C@H](C)CCc2ccccc2)c2ccccc2c1=O. The average molecular weight is 407 g/mol. The third-order valence-corrected chi connectivity index (χ3v) is 4.81. The molecule has 0 spiro atoms. The molecule has 3 aromatic rings. The molecule has 0 saturated carbocycles. The van der Waals surface area contributed by atoms with E-state index in [1.165, 1.54) is 10.2 Å². The number of hydrogen-bond acceptors (Lipinski definition) is 5. The van der Waals surface area contributed by atoms with Crippen LogP contribution < -0.4 is 10.9 Å². The first-order valence-corrected chi connectivity index (χ1v) is 10.00. The summed E-state index contributed by atoms with van der Waals surface area (Å²) >= 11 is 0. The second-order valence-electron chi connectivity index (χ2n) is 7.08. The van der Waals surface area contributed by atoms with Crippen molar-refractivity contribution >= 4 is 22.6 Å². The first-order chi connectivity index (χ1) is 14.5. The maximum Gasteiger partial charge on any atom is 0.359 e. The number of ether oxygens (including phenoxy) is 1. The van der Waals surface area contributed by atoms with Gasteiger partial charge < -0.3 is 10.1 Å². The minimum Gasteiger partial charge on any atom is -0.451 e. The zero-order valence-corrected chi connectivity index (χ0v) is 17.1. The van der Waals surface area contributed by atoms with Crippen LogP contribution in [0, 0.1) is 0 Å². The van der Waals surface area contributed by atoms with E-state index in [1.807, 2.05) is 37.3 Å². The molecule has 0 aliphatic carbocycles. The van der Waals surface area contributed by atoms with E-state index in [4.69, 9.17) is 4.74 Å². The van der Waals surface area contributed by atoms with Crippen molar-refractivity contribution in [1.29, 1.82) is 0 Å². The molecule has 0 fully saturated rings. The van der Waals surface area contributed by atoms with Crippen molar-refractivity contribution in [1.82, 2.24) is 15.1 Å². The molecule has 1 heterocycles. The van der Waals surface area contributed by atoms with Crippen LogP contribution in [0.1, 0.15) is 36.3 Å². The quantitative estimate of drug-likeness (QED) is 0.580. The summed E-state index contributed by atoms with van der Waals surface area (Å²) in [6.07, 6.45) is 1.62. The molecule has 1 atom stereocenters. The van der Waals surface area contributed by atoms with Crippen LogP contribution in [0.25, 0.3) is 10.8 Å². The molecule has 2 aromatic carbocycles. The van der Waals surface area contributed by atoms with Gasteiger partial charge in [-0.15, -0.1) is 0 Å². The van der Waals surface area contributed by atoms with Gasteiger partial charge in [0.2, 0.25) is 0 Å². The number of carbonyl (C=O) groups is 2. The summed E-state index contributed by atoms with van der Waals surface area (Å²) in [6, 6.07) is 16.7. The average Bonchev–Trinajstić information content (AvgIpc) is 2.77. The lowest BCUT2D eigenvalue weighted by Gasteiger charge is -2.14. The lowest BCUT2D eigenvalue weighted by Crippen LogP contribution is -2.36. The maximum atomic E-state index is 12.6. The summed E-state index contributed by atoms with van der Waals surface area (Å²) in [5.41, 5.74) is 0.959. The standard InChI is InChI=1S/C23H25N3O4/c1-3-26-22(28)19-12-8-7-11-18(19)21(25-26)23(29)30-15-20(27)24-16(2)13-14-17-9-5-4-6-10-17/h4-12,16H,3,13-15H2,1-2H3,(H,24,27)/t16-/m1/s1. The molecule has 0 bridgehead atoms. The van der Waals surface area contributed by atoms with Gasteiger partial charge in [0.25, 0.3) is 11.5 Å². The molecule has 0 aliphatic rings. The summed E-state index contributed by atoms with van der Waals surface area (Å²) in [5.74, 6) is -1.11. The van der Waals surface area contributed by atoms with Crippen LogP contribution >= 0.6 is 0 Å². The highest BCUT2D eigenvalue weighted by Crippen LogP contribution is 2.14. The van der Waals surface area contributed by atoms with Crippen molar-refractivity contribution in [3.8, 4) is 0 Å². The third kappa shape index (κ3) is 5.11. The van der Waals surface area contributed by atoms with Gasteiger partial charge in [-0.2, -0.15) is 5.10 Å². The predicted molar refractivity (Wildman–Crippen MR) is 114 cm³/mol. The molecule has 1 amide bonds. The Balaban J connectivity index is 1.59. The normalized spacial score (nSPS) is 11.8. The second-order valence-corrected chi connectivity index (χ2v) is 7.08. The second kappa shape index (κ2) is 9.82. The van der Waals surface area contributed by atoms with Gasteiger partial charge in [0.1, 0.15) is 0 Å². The first-order valence-electron chi connectivity index (χ1n) is 10.00. The van der Waals surface area contributed by atoms with Crippen LogP contribution in [0.3, 0.4) is 0 Å². The van der Waals surface area contributed by atoms with Gasteiger partial charge in [0.15, 0.2) is 12.3 Å². The highest BCUT2D eigenvalue weighted by molar-refractivity contribution is 6.02. The molecular formula is C23H25N3O4. The van der Waals surface area contributed by atoms with Crippen LogP contribution in [-0.2, 0) is 22.5 Å². The topological polar surface area (TPSA) is 90.3 Å². The molecule has 7 nitrogen and oxygen atoms in total. The summed E-state index contributed by atoms with van der Waals surface area (Å²) in [6.45, 7) is 3.59. The molecule has 0 saturated heterocycles. The van der Waals surface area contributed by atoms with Crippen molar-refractivity contribution in [2.75, 3.05) is 6.61 Å². The fourth-order valence-electron chi connectivity index (χ4n) is 3.22. The monoisotopic (exact) mass is 407 g/mol. The van der Waals surface area contributed by atoms with Crippen LogP contribution in [0.2, 0.25) is 0 Å². The lowest BCUT2D eigenvalue weighted by atomic mass is 10.1. The molecule has 1 N–H and O–H groups in total. The Morgan fingerprint density at radius 1 is 1.07 bits per heavy atom. The first kappa shape index (κ1) is 21.2. The van der Waals surface area contributed by atoms with Crippen molar-refractivity contribution in [2.24, 2.45) is 0 Å². The van der Waals surface area contributed by atoms with E-state index in [-0.39, 0.29) is 23.2 Å². The number of rotatable bonds is 8. The smallest absolute Gasteiger partial charge is 0.359 e. The van der Waals surface area contributed by atoms with Crippen LogP contribution in [0.4, 0.5) is 0 Å². The Bertz CT molecular complexity index is 1090. The number of esters is 1. The van der Waals surface area contributed by atoms with E-state index >= 15 is 0 Å². The number of nitrogens with one attached hydrogen (secondary N) is 1. The van der Waals surface area contributed by atoms with Crippen molar-refractivity contribution in [3.05, 3.63) is 76.2 Å². The lowest BCUT2D eigenvalue weighted by molar-refractivity contribution is -0.124. The van der Waals surface area contributed by atoms with Gasteiger partial charge in [-0.05, 0) is 38.3 Å². The third-order valence-electron chi connectivity index (χ3n) is 4.81. The largest absolute Gasteiger partial charge is 0.451 e. The predicted octanol–water partition coefficient (Wildman–Crippen LogP) is 2.71. The minimum atomic E-state index is -0.736. The van der Waals surface area contributed by atoms with Gasteiger partial charge in [0.05, 0.1) is 5.39 Å². The number of benzene rings is 2. The Morgan fingerprint density at radius 3 is 2.43 bits per heavy atom. The van der Waals surface area contributed by atoms with Crippen LogP contribution in [0.5, 0.6) is 0 Å². The summed E-state index contributed by atoms with van der Waals surface area (Å²) < 4.78 is 6.39. The Morgan fingerprint density at radius 2 is 1.73 bits per heavy atom. The number of aromatic nitrogens is 2. The number of fused-ring (bicyclic) bond motifs is 1. The molecule has 0 unspecified atom stereocenters. The van der Waals surface area contributed by atoms with Gasteiger partial charge in [-0.3, -0.25) is 9.59 Å². The number of hydrogen-bond donors (Lipinski definition) is 1. The summed E-state index contributed by atoms with van der Waals surface area (Å²) in [4.78, 5) is 37.1. The molecule has 3 rings (SSSR count). The number of nitrogens with zero attached hydrogens (tertiary/aromatic N) is 2. The zero-order valence-electron chi connectivity index (χ0n) is 17.1. The van der Waals surface area contributed by atoms with Crippen LogP contribution in [0.15, 0.2) is 59.4 Å². The van der Waals surface area contributed by atoms with Gasteiger partial charge in [-0.1, -0.05) is 48.5 Å². The van der Waals surface area contributed by atoms with Crippen LogP contribution in [-0.4, -0.2) is 34.3 Å². The Labute approximate surface area is 174 Å². The summed E-state index contributed by atoms with van der Waals surface area (Å²) in [7, 11) is 0. The highest BCUT2D eigenvalue weighted by Gasteiger charge is 2.19. The van der Waals surface area contributed by atoms with E-state index in [1.54, 1.807) is 31.2 Å². The molecule has 7 heteroatoms. The number of amides is 1. The van der Waals surface area contributed by atoms with E-state index in [0.717, 1.165) is 12.8 Å². The Kier molecular flexibility index (Phi) is 6.95. The van der Waals surface area contributed by atoms with Gasteiger partial charge in [-0.25, -0.2) is 9.48 Å². The van der Waals surface area contributed by atoms with E-state index in [2.05, 4.69) is 10.4 Å². The van der Waals surface area contributed by atoms with E-state index in [0.29, 0.717) is 17.3 Å². The van der Waals surface area contributed by atoms with Gasteiger partial charge in [0, 0.05) is 18.0 Å². The molecular weight excluding hydrogens is 382 g/mol. The maximum absolute atomic E-state index is 12.6. The minimum absolute atomic E-state index is 0.0250. The molecule has 30 heavy (non-hydrogen) atoms. The summed E-state index contributed by atoms with van der Waals surface area (Å²) in [5, 5.41) is 7.75. The molecule has 0 radical (unpaired) electrons. The molecule has 1 aromatic heterocycles. The molecule has 0 aliphatic heterocycles. The number of aryl methyl sites for hydroxylation is 2. The fourth-order valence-corrected chi connectivity index (χ4v) is 3.22. The van der Waals surface area contributed by atoms with E-state index < -0.39 is 12.6 Å². The Hall–Kier alpha value is -3.48. The van der Waals surface area contributed by atoms with Crippen molar-refractivity contribution in [3.63, 3.8) is 0 Å². The fraction of sp³-hybridized carbons (Fsp3) is 0.304. The number of carbonyl (C=O) groups excluding carboxylic acids is 2. The van der Waals surface area contributed by atoms with E-state index in [9.17, 15) is 14.4 Å². The van der Waals surface area contributed by atoms with Gasteiger partial charge >= 0.3 is 5.97 Å². The zero-order chi connectivity index (χ0) is 21.5. The van der Waals surface area contributed by atoms with Crippen molar-refractivity contribution < 1.29 is 14.3 Å².